The summed E-state index contributed by atoms with van der Waals surface area (Å²) in [6.45, 7) is 18.9. The maximum Gasteiger partial charge on any atom is 0.216 e. The van der Waals surface area contributed by atoms with Crippen molar-refractivity contribution in [1.82, 2.24) is 9.88 Å². The molecule has 4 aromatic rings. The molecule has 0 saturated carbocycles. The lowest BCUT2D eigenvalue weighted by Gasteiger charge is -2.37. The van der Waals surface area contributed by atoms with Crippen LogP contribution in [0.5, 0.6) is 11.6 Å². The highest BCUT2D eigenvalue weighted by atomic mass is 35.5. The molecule has 0 aliphatic carbocycles. The van der Waals surface area contributed by atoms with Crippen molar-refractivity contribution in [2.75, 3.05) is 33.9 Å². The van der Waals surface area contributed by atoms with E-state index in [0.29, 0.717) is 27.2 Å². The van der Waals surface area contributed by atoms with Crippen molar-refractivity contribution >= 4 is 31.5 Å². The number of hydrogen-bond donors (Lipinski definition) is 0. The van der Waals surface area contributed by atoms with Gasteiger partial charge in [0, 0.05) is 59.6 Å². The van der Waals surface area contributed by atoms with Crippen molar-refractivity contribution in [2.45, 2.75) is 51.9 Å². The number of hydrogen-bond acceptors (Lipinski definition) is 5. The first-order valence-corrected chi connectivity index (χ1v) is 19.0. The molecule has 5 rings (SSSR count). The molecular formula is C37H43Cl2N2O3Si. The van der Waals surface area contributed by atoms with Crippen molar-refractivity contribution < 1.29 is 13.9 Å². The molecule has 0 saturated heterocycles. The first-order valence-electron chi connectivity index (χ1n) is 15.4. The minimum Gasteiger partial charge on any atom is -0.496 e. The zero-order chi connectivity index (χ0) is 32.5. The Bertz CT molecular complexity index is 1680. The summed E-state index contributed by atoms with van der Waals surface area (Å²) in [6, 6.07) is 20.1. The summed E-state index contributed by atoms with van der Waals surface area (Å²) in [5, 5.41) is 1.42. The van der Waals surface area contributed by atoms with Gasteiger partial charge in [0.2, 0.25) is 5.88 Å². The van der Waals surface area contributed by atoms with Gasteiger partial charge < -0.3 is 13.9 Å². The molecule has 0 unspecified atom stereocenters. The van der Waals surface area contributed by atoms with E-state index in [1.165, 1.54) is 11.1 Å². The van der Waals surface area contributed by atoms with Gasteiger partial charge in [-0.3, -0.25) is 4.90 Å². The first kappa shape index (κ1) is 33.5. The van der Waals surface area contributed by atoms with Gasteiger partial charge in [-0.15, -0.1) is 0 Å². The van der Waals surface area contributed by atoms with Crippen molar-refractivity contribution in [3.63, 3.8) is 0 Å². The Kier molecular flexibility index (Phi) is 10.0. The van der Waals surface area contributed by atoms with Crippen LogP contribution in [-0.2, 0) is 17.4 Å². The van der Waals surface area contributed by atoms with E-state index in [1.54, 1.807) is 14.2 Å². The van der Waals surface area contributed by atoms with E-state index in [0.717, 1.165) is 66.2 Å². The van der Waals surface area contributed by atoms with E-state index in [4.69, 9.17) is 37.1 Å². The van der Waals surface area contributed by atoms with Gasteiger partial charge in [-0.25, -0.2) is 4.98 Å². The lowest BCUT2D eigenvalue weighted by molar-refractivity contribution is 0.185. The number of halogens is 2. The van der Waals surface area contributed by atoms with Crippen LogP contribution in [0.4, 0.5) is 0 Å². The van der Waals surface area contributed by atoms with Crippen LogP contribution in [0.2, 0.25) is 28.2 Å². The van der Waals surface area contributed by atoms with Gasteiger partial charge in [0.15, 0.2) is 8.32 Å². The number of benzene rings is 3. The van der Waals surface area contributed by atoms with E-state index in [2.05, 4.69) is 68.9 Å². The molecular weight excluding hydrogens is 619 g/mol. The highest BCUT2D eigenvalue weighted by molar-refractivity contribution is 6.74. The van der Waals surface area contributed by atoms with Gasteiger partial charge >= 0.3 is 0 Å². The van der Waals surface area contributed by atoms with Crippen LogP contribution in [0.3, 0.4) is 0 Å². The Balaban J connectivity index is 1.42. The third kappa shape index (κ3) is 6.96. The van der Waals surface area contributed by atoms with Gasteiger partial charge in [0.25, 0.3) is 0 Å². The minimum atomic E-state index is -1.77. The van der Waals surface area contributed by atoms with E-state index >= 15 is 0 Å². The van der Waals surface area contributed by atoms with Crippen LogP contribution in [0.15, 0.2) is 60.7 Å². The Labute approximate surface area is 279 Å². The Hall–Kier alpha value is -2.87. The lowest BCUT2D eigenvalue weighted by Crippen LogP contribution is -2.43. The van der Waals surface area contributed by atoms with Crippen molar-refractivity contribution in [1.29, 1.82) is 0 Å². The van der Waals surface area contributed by atoms with Gasteiger partial charge in [-0.1, -0.05) is 92.5 Å². The van der Waals surface area contributed by atoms with Crippen LogP contribution >= 0.6 is 23.2 Å². The smallest absolute Gasteiger partial charge is 0.216 e. The molecule has 0 atom stereocenters. The molecule has 8 heteroatoms. The molecule has 5 nitrogen and oxygen atoms in total. The monoisotopic (exact) mass is 661 g/mol. The molecule has 1 aliphatic rings. The van der Waals surface area contributed by atoms with Crippen molar-refractivity contribution in [3.05, 3.63) is 94.3 Å². The fourth-order valence-corrected chi connectivity index (χ4v) is 7.25. The van der Waals surface area contributed by atoms with E-state index in [9.17, 15) is 0 Å². The molecule has 0 fully saturated rings. The Morgan fingerprint density at radius 2 is 1.53 bits per heavy atom. The third-order valence-corrected chi connectivity index (χ3v) is 14.6. The highest BCUT2D eigenvalue weighted by Crippen LogP contribution is 2.44. The lowest BCUT2D eigenvalue weighted by atomic mass is 9.92. The predicted molar refractivity (Wildman–Crippen MR) is 190 cm³/mol. The summed E-state index contributed by atoms with van der Waals surface area (Å²) < 4.78 is 17.8. The molecule has 2 heterocycles. The number of pyridine rings is 1. The fraction of sp³-hybridized carbons (Fsp3) is 0.351. The van der Waals surface area contributed by atoms with Crippen LogP contribution in [0.1, 0.15) is 37.5 Å². The number of ether oxygens (including phenoxy) is 2. The molecule has 3 aromatic carbocycles. The van der Waals surface area contributed by atoms with E-state index in [1.807, 2.05) is 42.5 Å². The van der Waals surface area contributed by atoms with Gasteiger partial charge in [-0.2, -0.15) is 0 Å². The zero-order valence-electron chi connectivity index (χ0n) is 27.4. The molecule has 0 bridgehead atoms. The fourth-order valence-electron chi connectivity index (χ4n) is 5.56. The second-order valence-corrected chi connectivity index (χ2v) is 18.7. The summed E-state index contributed by atoms with van der Waals surface area (Å²) in [5.74, 6) is 1.35. The summed E-state index contributed by atoms with van der Waals surface area (Å²) >= 11 is 14.2. The number of aromatic nitrogens is 1. The average Bonchev–Trinajstić information content (AvgIpc) is 3.00. The van der Waals surface area contributed by atoms with Gasteiger partial charge in [-0.05, 0) is 54.7 Å². The summed E-state index contributed by atoms with van der Waals surface area (Å²) in [6.07, 6.45) is 0.938. The van der Waals surface area contributed by atoms with E-state index < -0.39 is 8.32 Å². The standard InChI is InChI=1S/C37H43Cl2N2O3Si/c1-24-15-16-32(40-36(24)43-6)30-14-10-13-29(35(30)39)28-12-9-11-27(34(28)38)26-21-25-17-18-41(23-31(25)33(22-26)42-5)19-20-44-45(7,8)37(2,3)4/h9-16,21-22H,1,17-20,23H2,2-8H3. The van der Waals surface area contributed by atoms with Crippen LogP contribution < -0.4 is 9.47 Å². The molecule has 0 spiro atoms. The summed E-state index contributed by atoms with van der Waals surface area (Å²) in [7, 11) is 1.56. The topological polar surface area (TPSA) is 43.8 Å². The molecule has 45 heavy (non-hydrogen) atoms. The van der Waals surface area contributed by atoms with Gasteiger partial charge in [0.05, 0.1) is 30.0 Å². The SMILES string of the molecule is [CH2]c1ccc(-c2cccc(-c3cccc(-c4cc5c(c(OC)c4)CN(CCO[Si](C)(C)C(C)(C)C)CC5)c3Cl)c2Cl)nc1OC. The first-order chi connectivity index (χ1) is 21.3. The molecule has 237 valence electrons. The normalized spacial score (nSPS) is 13.9. The summed E-state index contributed by atoms with van der Waals surface area (Å²) in [4.78, 5) is 7.09. The number of nitrogens with zero attached hydrogens (tertiary/aromatic N) is 2. The molecule has 1 aromatic heterocycles. The second-order valence-electron chi connectivity index (χ2n) is 13.2. The van der Waals surface area contributed by atoms with E-state index in [-0.39, 0.29) is 5.04 Å². The maximum absolute atomic E-state index is 7.18. The number of rotatable bonds is 9. The van der Waals surface area contributed by atoms with Gasteiger partial charge in [0.1, 0.15) is 5.75 Å². The predicted octanol–water partition coefficient (Wildman–Crippen LogP) is 9.97. The third-order valence-electron chi connectivity index (χ3n) is 9.28. The van der Waals surface area contributed by atoms with Crippen molar-refractivity contribution in [2.24, 2.45) is 0 Å². The quantitative estimate of drug-likeness (QED) is 0.167. The highest BCUT2D eigenvalue weighted by Gasteiger charge is 2.37. The number of fused-ring (bicyclic) bond motifs is 1. The number of methoxy groups -OCH3 is 2. The van der Waals surface area contributed by atoms with Crippen LogP contribution in [0.25, 0.3) is 33.5 Å². The van der Waals surface area contributed by atoms with Crippen LogP contribution in [0, 0.1) is 6.92 Å². The Morgan fingerprint density at radius 1 is 0.889 bits per heavy atom. The van der Waals surface area contributed by atoms with Crippen molar-refractivity contribution in [3.8, 4) is 45.1 Å². The zero-order valence-corrected chi connectivity index (χ0v) is 29.9. The second kappa shape index (κ2) is 13.5. The summed E-state index contributed by atoms with van der Waals surface area (Å²) in [5.41, 5.74) is 8.39. The molecule has 0 N–H and O–H groups in total. The Morgan fingerprint density at radius 3 is 2.18 bits per heavy atom. The van der Waals surface area contributed by atoms with Crippen LogP contribution in [-0.4, -0.2) is 52.1 Å². The molecule has 1 radical (unpaired) electrons. The largest absolute Gasteiger partial charge is 0.496 e. The average molecular weight is 663 g/mol. The molecule has 0 amide bonds. The molecule has 1 aliphatic heterocycles. The minimum absolute atomic E-state index is 0.207. The maximum atomic E-state index is 7.18.